The number of nitrogens with zero attached hydrogens (tertiary/aromatic N) is 5. The normalized spacial score (nSPS) is 16.2. The van der Waals surface area contributed by atoms with Gasteiger partial charge in [0.25, 0.3) is 0 Å². The van der Waals surface area contributed by atoms with Crippen molar-refractivity contribution in [3.05, 3.63) is 6.33 Å². The molecule has 0 bridgehead atoms. The minimum Gasteiger partial charge on any atom is -0.395 e. The lowest BCUT2D eigenvalue weighted by Crippen LogP contribution is -2.46. The van der Waals surface area contributed by atoms with Crippen molar-refractivity contribution in [3.8, 4) is 0 Å². The van der Waals surface area contributed by atoms with Crippen LogP contribution in [-0.4, -0.2) is 72.4 Å². The van der Waals surface area contributed by atoms with Crippen LogP contribution in [0.15, 0.2) is 6.33 Å². The quantitative estimate of drug-likeness (QED) is 0.765. The molecule has 1 aromatic heterocycles. The van der Waals surface area contributed by atoms with Crippen LogP contribution < -0.4 is 15.5 Å². The lowest BCUT2D eigenvalue weighted by Gasteiger charge is -2.35. The van der Waals surface area contributed by atoms with Gasteiger partial charge in [0.1, 0.15) is 12.0 Å². The Labute approximate surface area is 126 Å². The van der Waals surface area contributed by atoms with Gasteiger partial charge in [-0.2, -0.15) is 0 Å². The van der Waals surface area contributed by atoms with Gasteiger partial charge in [0.2, 0.25) is 0 Å². The van der Waals surface area contributed by atoms with E-state index in [4.69, 9.17) is 10.8 Å². The topological polar surface area (TPSA) is 81.8 Å². The van der Waals surface area contributed by atoms with Crippen LogP contribution >= 0.6 is 0 Å². The molecule has 1 aliphatic rings. The van der Waals surface area contributed by atoms with Crippen LogP contribution in [0.4, 0.5) is 17.3 Å². The summed E-state index contributed by atoms with van der Waals surface area (Å²) in [7, 11) is 0. The fraction of sp³-hybridized carbons (Fsp3) is 0.714. The second kappa shape index (κ2) is 7.42. The molecule has 0 saturated carbocycles. The molecule has 0 atom stereocenters. The Hall–Kier alpha value is -1.60. The number of aromatic nitrogens is 2. The number of rotatable bonds is 6. The fourth-order valence-electron chi connectivity index (χ4n) is 2.69. The average Bonchev–Trinajstić information content (AvgIpc) is 2.53. The zero-order chi connectivity index (χ0) is 15.2. The summed E-state index contributed by atoms with van der Waals surface area (Å²) in [4.78, 5) is 15.3. The average molecular weight is 294 g/mol. The molecule has 0 aliphatic carbocycles. The first-order chi connectivity index (χ1) is 10.2. The van der Waals surface area contributed by atoms with Gasteiger partial charge >= 0.3 is 0 Å². The maximum atomic E-state index is 9.15. The Kier molecular flexibility index (Phi) is 5.58. The predicted octanol–water partition coefficient (Wildman–Crippen LogP) is 0.0193. The second-order valence-electron chi connectivity index (χ2n) is 5.16. The molecule has 1 saturated heterocycles. The highest BCUT2D eigenvalue weighted by molar-refractivity contribution is 5.75. The van der Waals surface area contributed by atoms with Gasteiger partial charge in [0.05, 0.1) is 6.61 Å². The van der Waals surface area contributed by atoms with Crippen molar-refractivity contribution < 1.29 is 5.11 Å². The highest BCUT2D eigenvalue weighted by atomic mass is 16.3. The SMILES string of the molecule is CCN1CCN(c2ncnc(N(CC)CCO)c2N)CC1. The Balaban J connectivity index is 2.17. The first kappa shape index (κ1) is 15.8. The second-order valence-corrected chi connectivity index (χ2v) is 5.16. The van der Waals surface area contributed by atoms with Gasteiger partial charge in [0, 0.05) is 39.3 Å². The maximum Gasteiger partial charge on any atom is 0.157 e. The zero-order valence-corrected chi connectivity index (χ0v) is 13.0. The van der Waals surface area contributed by atoms with Gasteiger partial charge in [-0.1, -0.05) is 6.92 Å². The van der Waals surface area contributed by atoms with Gasteiger partial charge in [-0.15, -0.1) is 0 Å². The third-order valence-corrected chi connectivity index (χ3v) is 4.01. The number of hydrogen-bond donors (Lipinski definition) is 2. The summed E-state index contributed by atoms with van der Waals surface area (Å²) in [6.07, 6.45) is 1.56. The van der Waals surface area contributed by atoms with E-state index in [1.54, 1.807) is 6.33 Å². The first-order valence-corrected chi connectivity index (χ1v) is 7.64. The minimum absolute atomic E-state index is 0.0851. The van der Waals surface area contributed by atoms with Crippen LogP contribution in [-0.2, 0) is 0 Å². The summed E-state index contributed by atoms with van der Waals surface area (Å²) >= 11 is 0. The third kappa shape index (κ3) is 3.54. The van der Waals surface area contributed by atoms with Gasteiger partial charge in [0.15, 0.2) is 11.6 Å². The number of likely N-dealkylation sites (N-methyl/N-ethyl adjacent to an activating group) is 2. The van der Waals surface area contributed by atoms with Gasteiger partial charge in [-0.25, -0.2) is 9.97 Å². The van der Waals surface area contributed by atoms with E-state index in [1.807, 2.05) is 11.8 Å². The predicted molar refractivity (Wildman–Crippen MR) is 85.7 cm³/mol. The molecule has 1 aliphatic heterocycles. The van der Waals surface area contributed by atoms with E-state index >= 15 is 0 Å². The minimum atomic E-state index is 0.0851. The molecule has 7 nitrogen and oxygen atoms in total. The monoisotopic (exact) mass is 294 g/mol. The summed E-state index contributed by atoms with van der Waals surface area (Å²) in [5, 5.41) is 9.15. The lowest BCUT2D eigenvalue weighted by atomic mass is 10.3. The summed E-state index contributed by atoms with van der Waals surface area (Å²) in [5.74, 6) is 1.53. The van der Waals surface area contributed by atoms with E-state index in [0.717, 1.165) is 50.9 Å². The van der Waals surface area contributed by atoms with E-state index in [9.17, 15) is 0 Å². The standard InChI is InChI=1S/C14H26N6O/c1-3-18-5-7-20(8-6-18)14-12(15)13(16-11-17-14)19(4-2)9-10-21/h11,21H,3-10,15H2,1-2H3. The molecule has 21 heavy (non-hydrogen) atoms. The number of nitrogen functional groups attached to an aromatic ring is 1. The van der Waals surface area contributed by atoms with Crippen molar-refractivity contribution in [1.82, 2.24) is 14.9 Å². The van der Waals surface area contributed by atoms with E-state index in [0.29, 0.717) is 12.2 Å². The molecule has 2 heterocycles. The van der Waals surface area contributed by atoms with Gasteiger partial charge in [-0.05, 0) is 13.5 Å². The van der Waals surface area contributed by atoms with Crippen molar-refractivity contribution in [1.29, 1.82) is 0 Å². The molecule has 0 amide bonds. The molecule has 7 heteroatoms. The number of aliphatic hydroxyl groups is 1. The van der Waals surface area contributed by atoms with Crippen LogP contribution in [0.2, 0.25) is 0 Å². The molecule has 0 spiro atoms. The molecular weight excluding hydrogens is 268 g/mol. The van der Waals surface area contributed by atoms with Crippen molar-refractivity contribution in [2.24, 2.45) is 0 Å². The maximum absolute atomic E-state index is 9.15. The summed E-state index contributed by atoms with van der Waals surface area (Å²) in [6, 6.07) is 0. The zero-order valence-electron chi connectivity index (χ0n) is 13.0. The number of aliphatic hydroxyl groups excluding tert-OH is 1. The molecule has 0 aromatic carbocycles. The van der Waals surface area contributed by atoms with E-state index in [-0.39, 0.29) is 6.61 Å². The largest absolute Gasteiger partial charge is 0.395 e. The summed E-state index contributed by atoms with van der Waals surface area (Å²) < 4.78 is 0. The molecule has 1 aromatic rings. The highest BCUT2D eigenvalue weighted by Crippen LogP contribution is 2.29. The number of hydrogen-bond acceptors (Lipinski definition) is 7. The van der Waals surface area contributed by atoms with Crippen LogP contribution in [0, 0.1) is 0 Å². The molecule has 0 radical (unpaired) electrons. The Morgan fingerprint density at radius 2 is 1.95 bits per heavy atom. The van der Waals surface area contributed by atoms with Crippen LogP contribution in [0.5, 0.6) is 0 Å². The number of nitrogens with two attached hydrogens (primary N) is 1. The smallest absolute Gasteiger partial charge is 0.157 e. The Bertz CT molecular complexity index is 447. The third-order valence-electron chi connectivity index (χ3n) is 4.01. The number of piperazine rings is 1. The molecule has 1 fully saturated rings. The van der Waals surface area contributed by atoms with Crippen molar-refractivity contribution >= 4 is 17.3 Å². The molecule has 0 unspecified atom stereocenters. The van der Waals surface area contributed by atoms with E-state index in [1.165, 1.54) is 0 Å². The van der Waals surface area contributed by atoms with Crippen LogP contribution in [0.25, 0.3) is 0 Å². The molecule has 2 rings (SSSR count). The highest BCUT2D eigenvalue weighted by Gasteiger charge is 2.21. The lowest BCUT2D eigenvalue weighted by molar-refractivity contribution is 0.270. The fourth-order valence-corrected chi connectivity index (χ4v) is 2.69. The van der Waals surface area contributed by atoms with Crippen molar-refractivity contribution in [2.45, 2.75) is 13.8 Å². The Morgan fingerprint density at radius 3 is 2.52 bits per heavy atom. The van der Waals surface area contributed by atoms with Crippen LogP contribution in [0.3, 0.4) is 0 Å². The van der Waals surface area contributed by atoms with E-state index < -0.39 is 0 Å². The summed E-state index contributed by atoms with van der Waals surface area (Å²) in [5.41, 5.74) is 6.89. The number of anilines is 3. The van der Waals surface area contributed by atoms with Crippen LogP contribution in [0.1, 0.15) is 13.8 Å². The molecule has 3 N–H and O–H groups in total. The Morgan fingerprint density at radius 1 is 1.24 bits per heavy atom. The van der Waals surface area contributed by atoms with Gasteiger partial charge in [-0.3, -0.25) is 0 Å². The van der Waals surface area contributed by atoms with Gasteiger partial charge < -0.3 is 25.5 Å². The van der Waals surface area contributed by atoms with Crippen molar-refractivity contribution in [2.75, 3.05) is 68.0 Å². The van der Waals surface area contributed by atoms with E-state index in [2.05, 4.69) is 26.7 Å². The van der Waals surface area contributed by atoms with Crippen molar-refractivity contribution in [3.63, 3.8) is 0 Å². The molecule has 118 valence electrons. The summed E-state index contributed by atoms with van der Waals surface area (Å²) in [6.45, 7) is 10.6. The first-order valence-electron chi connectivity index (χ1n) is 7.64. The molecular formula is C14H26N6O.